The lowest BCUT2D eigenvalue weighted by Gasteiger charge is -2.39. The molecule has 1 aliphatic heterocycles. The summed E-state index contributed by atoms with van der Waals surface area (Å²) in [5.41, 5.74) is 0. The highest BCUT2D eigenvalue weighted by atomic mass is 35.5. The lowest BCUT2D eigenvalue weighted by molar-refractivity contribution is -0.135. The number of carbonyl (C=O) groups excluding carboxylic acids is 1. The van der Waals surface area contributed by atoms with E-state index >= 15 is 0 Å². The van der Waals surface area contributed by atoms with Crippen LogP contribution in [0.5, 0.6) is 0 Å². The van der Waals surface area contributed by atoms with Crippen LogP contribution >= 0.6 is 11.6 Å². The third-order valence-electron chi connectivity index (χ3n) is 4.72. The van der Waals surface area contributed by atoms with Crippen LogP contribution in [0.4, 0.5) is 0 Å². The van der Waals surface area contributed by atoms with Gasteiger partial charge in [-0.1, -0.05) is 24.4 Å². The number of benzene rings is 1. The minimum atomic E-state index is -3.37. The van der Waals surface area contributed by atoms with E-state index in [0.717, 1.165) is 12.8 Å². The number of hydrogen-bond acceptors (Lipinski definition) is 3. The highest BCUT2D eigenvalue weighted by Gasteiger charge is 2.40. The van der Waals surface area contributed by atoms with E-state index in [1.54, 1.807) is 17.0 Å². The lowest BCUT2D eigenvalue weighted by atomic mass is 10.0. The summed E-state index contributed by atoms with van der Waals surface area (Å²) in [6.07, 6.45) is 5.27. The van der Waals surface area contributed by atoms with Crippen molar-refractivity contribution in [3.05, 3.63) is 29.3 Å². The number of halogens is 1. The predicted molar refractivity (Wildman–Crippen MR) is 85.6 cm³/mol. The number of sulfone groups is 1. The normalized spacial score (nSPS) is 20.1. The van der Waals surface area contributed by atoms with Crippen LogP contribution < -0.4 is 0 Å². The van der Waals surface area contributed by atoms with Crippen molar-refractivity contribution in [3.63, 3.8) is 0 Å². The number of carbonyl (C=O) groups is 1. The van der Waals surface area contributed by atoms with Gasteiger partial charge in [0, 0.05) is 24.5 Å². The predicted octanol–water partition coefficient (Wildman–Crippen LogP) is 2.90. The highest BCUT2D eigenvalue weighted by molar-refractivity contribution is 7.92. The quantitative estimate of drug-likeness (QED) is 0.846. The summed E-state index contributed by atoms with van der Waals surface area (Å²) in [7, 11) is -3.37. The summed E-state index contributed by atoms with van der Waals surface area (Å²) in [6, 6.07) is 6.22. The molecule has 2 fully saturated rings. The van der Waals surface area contributed by atoms with Crippen molar-refractivity contribution in [2.24, 2.45) is 5.92 Å². The summed E-state index contributed by atoms with van der Waals surface area (Å²) in [5, 5.41) is 0.0298. The van der Waals surface area contributed by atoms with Gasteiger partial charge >= 0.3 is 0 Å². The van der Waals surface area contributed by atoms with Gasteiger partial charge in [0.15, 0.2) is 9.84 Å². The van der Waals surface area contributed by atoms with Crippen molar-refractivity contribution in [2.75, 3.05) is 13.1 Å². The zero-order chi connectivity index (χ0) is 15.7. The summed E-state index contributed by atoms with van der Waals surface area (Å²) >= 11 is 5.79. The van der Waals surface area contributed by atoms with Crippen molar-refractivity contribution in [2.45, 2.75) is 42.2 Å². The maximum atomic E-state index is 12.5. The molecule has 4 nitrogen and oxygen atoms in total. The molecular formula is C16H20ClNO3S. The Morgan fingerprint density at radius 1 is 1.14 bits per heavy atom. The molecule has 2 aliphatic rings. The van der Waals surface area contributed by atoms with Gasteiger partial charge in [-0.2, -0.15) is 0 Å². The Kier molecular flexibility index (Phi) is 4.46. The zero-order valence-electron chi connectivity index (χ0n) is 12.4. The molecule has 3 rings (SSSR count). The second-order valence-electron chi connectivity index (χ2n) is 6.27. The van der Waals surface area contributed by atoms with E-state index < -0.39 is 15.1 Å². The maximum Gasteiger partial charge on any atom is 0.222 e. The Hall–Kier alpha value is -1.07. The molecule has 0 atom stereocenters. The van der Waals surface area contributed by atoms with E-state index in [0.29, 0.717) is 30.5 Å². The number of likely N-dealkylation sites (tertiary alicyclic amines) is 1. The fraction of sp³-hybridized carbons (Fsp3) is 0.562. The first-order valence-electron chi connectivity index (χ1n) is 7.74. The van der Waals surface area contributed by atoms with Crippen LogP contribution in [0.15, 0.2) is 29.2 Å². The average Bonchev–Trinajstić information content (AvgIpc) is 2.90. The van der Waals surface area contributed by atoms with Crippen molar-refractivity contribution >= 4 is 27.3 Å². The Balaban J connectivity index is 1.57. The Morgan fingerprint density at radius 2 is 1.73 bits per heavy atom. The third kappa shape index (κ3) is 3.15. The van der Waals surface area contributed by atoms with E-state index in [1.165, 1.54) is 25.0 Å². The van der Waals surface area contributed by atoms with Crippen LogP contribution in [-0.4, -0.2) is 37.6 Å². The first-order chi connectivity index (χ1) is 10.5. The molecule has 0 radical (unpaired) electrons. The van der Waals surface area contributed by atoms with Gasteiger partial charge in [-0.25, -0.2) is 8.42 Å². The standard InChI is InChI=1S/C16H20ClNO3S/c17-13-5-7-14(8-6-13)22(20,21)15-10-18(11-15)16(19)9-12-3-1-2-4-12/h5-8,12,15H,1-4,9-11H2. The SMILES string of the molecule is O=C(CC1CCCC1)N1CC(S(=O)(=O)c2ccc(Cl)cc2)C1. The summed E-state index contributed by atoms with van der Waals surface area (Å²) in [6.45, 7) is 0.632. The molecule has 0 unspecified atom stereocenters. The topological polar surface area (TPSA) is 54.5 Å². The average molecular weight is 342 g/mol. The molecule has 0 spiro atoms. The van der Waals surface area contributed by atoms with Gasteiger partial charge in [-0.15, -0.1) is 0 Å². The molecule has 0 bridgehead atoms. The molecular weight excluding hydrogens is 322 g/mol. The first-order valence-corrected chi connectivity index (χ1v) is 9.66. The van der Waals surface area contributed by atoms with Crippen LogP contribution in [0.1, 0.15) is 32.1 Å². The van der Waals surface area contributed by atoms with Crippen LogP contribution in [0.25, 0.3) is 0 Å². The van der Waals surface area contributed by atoms with Crippen molar-refractivity contribution in [1.29, 1.82) is 0 Å². The van der Waals surface area contributed by atoms with Gasteiger partial charge in [-0.3, -0.25) is 4.79 Å². The van der Waals surface area contributed by atoms with Crippen LogP contribution in [0.3, 0.4) is 0 Å². The van der Waals surface area contributed by atoms with Crippen LogP contribution in [0, 0.1) is 5.92 Å². The molecule has 0 aromatic heterocycles. The van der Waals surface area contributed by atoms with E-state index in [-0.39, 0.29) is 10.8 Å². The minimum absolute atomic E-state index is 0.106. The van der Waals surface area contributed by atoms with Gasteiger partial charge in [0.1, 0.15) is 5.25 Å². The van der Waals surface area contributed by atoms with Crippen molar-refractivity contribution in [1.82, 2.24) is 4.90 Å². The number of rotatable bonds is 4. The monoisotopic (exact) mass is 341 g/mol. The molecule has 120 valence electrons. The third-order valence-corrected chi connectivity index (χ3v) is 7.08. The smallest absolute Gasteiger partial charge is 0.222 e. The summed E-state index contributed by atoms with van der Waals surface area (Å²) in [4.78, 5) is 14.1. The number of hydrogen-bond donors (Lipinski definition) is 0. The molecule has 1 aromatic rings. The van der Waals surface area contributed by atoms with Crippen LogP contribution in [0.2, 0.25) is 5.02 Å². The number of amides is 1. The molecule has 1 saturated heterocycles. The van der Waals surface area contributed by atoms with Crippen molar-refractivity contribution in [3.8, 4) is 0 Å². The molecule has 0 N–H and O–H groups in total. The Morgan fingerprint density at radius 3 is 2.32 bits per heavy atom. The second kappa shape index (κ2) is 6.20. The molecule has 1 amide bonds. The largest absolute Gasteiger partial charge is 0.340 e. The van der Waals surface area contributed by atoms with E-state index in [1.807, 2.05) is 0 Å². The van der Waals surface area contributed by atoms with E-state index in [4.69, 9.17) is 11.6 Å². The fourth-order valence-electron chi connectivity index (χ4n) is 3.25. The highest BCUT2D eigenvalue weighted by Crippen LogP contribution is 2.30. The van der Waals surface area contributed by atoms with Gasteiger partial charge in [0.05, 0.1) is 4.90 Å². The maximum absolute atomic E-state index is 12.5. The zero-order valence-corrected chi connectivity index (χ0v) is 13.9. The molecule has 6 heteroatoms. The molecule has 1 aromatic carbocycles. The van der Waals surface area contributed by atoms with Gasteiger partial charge in [0.25, 0.3) is 0 Å². The summed E-state index contributed by atoms with van der Waals surface area (Å²) < 4.78 is 24.9. The molecule has 1 heterocycles. The second-order valence-corrected chi connectivity index (χ2v) is 8.94. The van der Waals surface area contributed by atoms with E-state index in [2.05, 4.69) is 0 Å². The van der Waals surface area contributed by atoms with Gasteiger partial charge in [0.2, 0.25) is 5.91 Å². The molecule has 1 saturated carbocycles. The lowest BCUT2D eigenvalue weighted by Crippen LogP contribution is -2.57. The molecule has 1 aliphatic carbocycles. The molecule has 22 heavy (non-hydrogen) atoms. The Bertz CT molecular complexity index is 644. The summed E-state index contributed by atoms with van der Waals surface area (Å²) in [5.74, 6) is 0.605. The van der Waals surface area contributed by atoms with Gasteiger partial charge < -0.3 is 4.90 Å². The van der Waals surface area contributed by atoms with Crippen molar-refractivity contribution < 1.29 is 13.2 Å². The van der Waals surface area contributed by atoms with Crippen LogP contribution in [-0.2, 0) is 14.6 Å². The van der Waals surface area contributed by atoms with Gasteiger partial charge in [-0.05, 0) is 43.0 Å². The Labute approximate surface area is 136 Å². The number of nitrogens with zero attached hydrogens (tertiary/aromatic N) is 1. The van der Waals surface area contributed by atoms with E-state index in [9.17, 15) is 13.2 Å². The fourth-order valence-corrected chi connectivity index (χ4v) is 5.02. The minimum Gasteiger partial charge on any atom is -0.340 e. The first kappa shape index (κ1) is 15.8.